The normalized spacial score (nSPS) is 11.1. The fourth-order valence-corrected chi connectivity index (χ4v) is 2.27. The van der Waals surface area contributed by atoms with Gasteiger partial charge in [-0.2, -0.15) is 5.10 Å². The molecule has 24 heavy (non-hydrogen) atoms. The van der Waals surface area contributed by atoms with Crippen LogP contribution >= 0.6 is 11.6 Å². The summed E-state index contributed by atoms with van der Waals surface area (Å²) in [5.74, 6) is -0.435. The number of nitrogens with one attached hydrogen (secondary N) is 1. The summed E-state index contributed by atoms with van der Waals surface area (Å²) in [5.41, 5.74) is 4.06. The number of rotatable bonds is 5. The van der Waals surface area contributed by atoms with E-state index in [1.165, 1.54) is 24.4 Å². The average Bonchev–Trinajstić information content (AvgIpc) is 2.54. The first-order chi connectivity index (χ1) is 11.5. The number of hydrogen-bond donors (Lipinski definition) is 1. The number of para-hydroxylation sites is 1. The van der Waals surface area contributed by atoms with Gasteiger partial charge in [-0.05, 0) is 42.8 Å². The van der Waals surface area contributed by atoms with Crippen LogP contribution in [0.4, 0.5) is 5.69 Å². The summed E-state index contributed by atoms with van der Waals surface area (Å²) in [6, 6.07) is 11.4. The molecule has 1 amide bonds. The summed E-state index contributed by atoms with van der Waals surface area (Å²) in [7, 11) is 0. The number of hydrazone groups is 1. The molecule has 7 heteroatoms. The highest BCUT2D eigenvalue weighted by atomic mass is 35.5. The minimum Gasteiger partial charge on any atom is -0.267 e. The van der Waals surface area contributed by atoms with Crippen molar-refractivity contribution >= 4 is 35.5 Å². The molecule has 0 spiro atoms. The van der Waals surface area contributed by atoms with Crippen LogP contribution in [0.5, 0.6) is 0 Å². The van der Waals surface area contributed by atoms with E-state index in [9.17, 15) is 14.9 Å². The van der Waals surface area contributed by atoms with Gasteiger partial charge in [-0.3, -0.25) is 14.9 Å². The number of amides is 1. The second-order valence-electron chi connectivity index (χ2n) is 4.88. The van der Waals surface area contributed by atoms with Gasteiger partial charge in [-0.1, -0.05) is 29.8 Å². The molecule has 0 aliphatic heterocycles. The van der Waals surface area contributed by atoms with Crippen LogP contribution in [0.15, 0.2) is 53.6 Å². The average molecular weight is 344 g/mol. The lowest BCUT2D eigenvalue weighted by atomic mass is 10.1. The van der Waals surface area contributed by atoms with Gasteiger partial charge in [0.05, 0.1) is 21.1 Å². The highest BCUT2D eigenvalue weighted by molar-refractivity contribution is 6.33. The maximum Gasteiger partial charge on any atom is 0.276 e. The Bertz CT molecular complexity index is 832. The van der Waals surface area contributed by atoms with E-state index in [0.29, 0.717) is 16.1 Å². The van der Waals surface area contributed by atoms with Crippen LogP contribution in [0.25, 0.3) is 6.08 Å². The molecular weight excluding hydrogens is 330 g/mol. The monoisotopic (exact) mass is 343 g/mol. The van der Waals surface area contributed by atoms with E-state index in [0.717, 1.165) is 5.56 Å². The van der Waals surface area contributed by atoms with E-state index < -0.39 is 10.8 Å². The van der Waals surface area contributed by atoms with E-state index >= 15 is 0 Å². The van der Waals surface area contributed by atoms with Crippen molar-refractivity contribution in [2.75, 3.05) is 0 Å². The van der Waals surface area contributed by atoms with Crippen molar-refractivity contribution in [3.05, 3.63) is 80.4 Å². The van der Waals surface area contributed by atoms with Gasteiger partial charge >= 0.3 is 0 Å². The van der Waals surface area contributed by atoms with Gasteiger partial charge in [0.1, 0.15) is 0 Å². The minimum atomic E-state index is -0.460. The van der Waals surface area contributed by atoms with Gasteiger partial charge in [0, 0.05) is 12.3 Å². The lowest BCUT2D eigenvalue weighted by Crippen LogP contribution is -2.17. The summed E-state index contributed by atoms with van der Waals surface area (Å²) >= 11 is 6.00. The number of benzene rings is 2. The first-order valence-corrected chi connectivity index (χ1v) is 7.36. The van der Waals surface area contributed by atoms with E-state index in [-0.39, 0.29) is 5.69 Å². The van der Waals surface area contributed by atoms with Crippen LogP contribution in [0.3, 0.4) is 0 Å². The van der Waals surface area contributed by atoms with Crippen LogP contribution in [0.2, 0.25) is 5.02 Å². The molecule has 2 rings (SSSR count). The van der Waals surface area contributed by atoms with Crippen LogP contribution in [-0.2, 0) is 0 Å². The lowest BCUT2D eigenvalue weighted by Gasteiger charge is -2.03. The van der Waals surface area contributed by atoms with Crippen molar-refractivity contribution in [3.63, 3.8) is 0 Å². The Morgan fingerprint density at radius 2 is 2.04 bits per heavy atom. The molecule has 0 saturated carbocycles. The zero-order chi connectivity index (χ0) is 17.5. The summed E-state index contributed by atoms with van der Waals surface area (Å²) < 4.78 is 0. The number of aryl methyl sites for hydroxylation is 1. The molecule has 0 aromatic heterocycles. The molecule has 2 aromatic carbocycles. The second-order valence-corrected chi connectivity index (χ2v) is 5.28. The fraction of sp³-hybridized carbons (Fsp3) is 0.0588. The molecule has 0 aliphatic carbocycles. The molecule has 0 aliphatic rings. The van der Waals surface area contributed by atoms with Crippen molar-refractivity contribution < 1.29 is 9.72 Å². The number of nitro groups is 1. The molecule has 0 unspecified atom stereocenters. The third kappa shape index (κ3) is 4.50. The Morgan fingerprint density at radius 3 is 2.75 bits per heavy atom. The second kappa shape index (κ2) is 8.03. The lowest BCUT2D eigenvalue weighted by molar-refractivity contribution is -0.385. The maximum atomic E-state index is 11.9. The van der Waals surface area contributed by atoms with Gasteiger partial charge in [-0.25, -0.2) is 5.43 Å². The zero-order valence-corrected chi connectivity index (χ0v) is 13.5. The predicted octanol–water partition coefficient (Wildman–Crippen LogP) is 3.99. The molecule has 122 valence electrons. The summed E-state index contributed by atoms with van der Waals surface area (Å²) in [4.78, 5) is 22.4. The quantitative estimate of drug-likeness (QED) is 0.506. The number of nitrogens with zero attached hydrogens (tertiary/aromatic N) is 2. The SMILES string of the molecule is Cc1ccc(C(=O)N/N=C\C=C\c2ccccc2[N+](=O)[O-])c(Cl)c1. The molecule has 0 heterocycles. The van der Waals surface area contributed by atoms with Crippen molar-refractivity contribution in [2.45, 2.75) is 6.92 Å². The Labute approximate surface area is 143 Å². The number of allylic oxidation sites excluding steroid dienone is 1. The summed E-state index contributed by atoms with van der Waals surface area (Å²) in [5, 5.41) is 15.0. The van der Waals surface area contributed by atoms with Crippen LogP contribution in [0, 0.1) is 17.0 Å². The molecule has 0 bridgehead atoms. The molecule has 1 N–H and O–H groups in total. The Balaban J connectivity index is 2.00. The number of halogens is 1. The molecule has 0 atom stereocenters. The smallest absolute Gasteiger partial charge is 0.267 e. The van der Waals surface area contributed by atoms with Gasteiger partial charge in [-0.15, -0.1) is 0 Å². The number of hydrogen-bond acceptors (Lipinski definition) is 4. The molecule has 0 saturated heterocycles. The highest BCUT2D eigenvalue weighted by Gasteiger charge is 2.09. The Hall–Kier alpha value is -2.99. The molecule has 6 nitrogen and oxygen atoms in total. The third-order valence-corrected chi connectivity index (χ3v) is 3.42. The fourth-order valence-electron chi connectivity index (χ4n) is 1.94. The van der Waals surface area contributed by atoms with Gasteiger partial charge in [0.25, 0.3) is 11.6 Å². The van der Waals surface area contributed by atoms with Crippen LogP contribution in [-0.4, -0.2) is 17.0 Å². The number of carbonyl (C=O) groups is 1. The van der Waals surface area contributed by atoms with Crippen LogP contribution in [0.1, 0.15) is 21.5 Å². The molecule has 2 aromatic rings. The van der Waals surface area contributed by atoms with E-state index in [2.05, 4.69) is 10.5 Å². The highest BCUT2D eigenvalue weighted by Crippen LogP contribution is 2.19. The molecule has 0 fully saturated rings. The van der Waals surface area contributed by atoms with Crippen molar-refractivity contribution in [3.8, 4) is 0 Å². The topological polar surface area (TPSA) is 84.6 Å². The van der Waals surface area contributed by atoms with Crippen molar-refractivity contribution in [1.82, 2.24) is 5.43 Å². The predicted molar refractivity (Wildman–Crippen MR) is 94.3 cm³/mol. The summed E-state index contributed by atoms with van der Waals surface area (Å²) in [6.07, 6.45) is 4.36. The maximum absolute atomic E-state index is 11.9. The number of carbonyl (C=O) groups excluding carboxylic acids is 1. The van der Waals surface area contributed by atoms with Gasteiger partial charge in [0.15, 0.2) is 0 Å². The molecule has 0 radical (unpaired) electrons. The van der Waals surface area contributed by atoms with Gasteiger partial charge < -0.3 is 0 Å². The largest absolute Gasteiger partial charge is 0.276 e. The summed E-state index contributed by atoms with van der Waals surface area (Å²) in [6.45, 7) is 1.87. The van der Waals surface area contributed by atoms with E-state index in [1.807, 2.05) is 6.92 Å². The minimum absolute atomic E-state index is 0.00220. The first-order valence-electron chi connectivity index (χ1n) is 6.98. The van der Waals surface area contributed by atoms with Crippen LogP contribution < -0.4 is 5.43 Å². The van der Waals surface area contributed by atoms with Crippen molar-refractivity contribution in [2.24, 2.45) is 5.10 Å². The Kier molecular flexibility index (Phi) is 5.81. The zero-order valence-electron chi connectivity index (χ0n) is 12.8. The Morgan fingerprint density at radius 1 is 1.29 bits per heavy atom. The standard InChI is InChI=1S/C17H14ClN3O3/c1-12-8-9-14(15(18)11-12)17(22)20-19-10-4-6-13-5-2-3-7-16(13)21(23)24/h2-11H,1H3,(H,20,22)/b6-4+,19-10-. The third-order valence-electron chi connectivity index (χ3n) is 3.11. The van der Waals surface area contributed by atoms with E-state index in [1.54, 1.807) is 36.4 Å². The van der Waals surface area contributed by atoms with E-state index in [4.69, 9.17) is 11.6 Å². The number of nitro benzene ring substituents is 1. The first kappa shape index (κ1) is 17.4. The van der Waals surface area contributed by atoms with Crippen molar-refractivity contribution in [1.29, 1.82) is 0 Å². The van der Waals surface area contributed by atoms with Gasteiger partial charge in [0.2, 0.25) is 0 Å². The molecular formula is C17H14ClN3O3.